The molecule has 0 aromatic carbocycles. The van der Waals surface area contributed by atoms with Crippen molar-refractivity contribution in [2.24, 2.45) is 11.8 Å². The van der Waals surface area contributed by atoms with Crippen molar-refractivity contribution in [3.05, 3.63) is 0 Å². The molecule has 2 rings (SSSR count). The zero-order valence-electron chi connectivity index (χ0n) is 7.54. The van der Waals surface area contributed by atoms with Crippen LogP contribution in [0.3, 0.4) is 0 Å². The molecule has 12 heavy (non-hydrogen) atoms. The molecule has 0 aromatic rings. The highest BCUT2D eigenvalue weighted by molar-refractivity contribution is 4.81. The number of rotatable bonds is 2. The Labute approximate surface area is 73.9 Å². The summed E-state index contributed by atoms with van der Waals surface area (Å²) in [4.78, 5) is 0. The summed E-state index contributed by atoms with van der Waals surface area (Å²) >= 11 is 0. The van der Waals surface area contributed by atoms with Crippen LogP contribution in [0.4, 0.5) is 0 Å². The van der Waals surface area contributed by atoms with Crippen LogP contribution in [0.1, 0.15) is 32.1 Å². The van der Waals surface area contributed by atoms with Crippen LogP contribution in [-0.2, 0) is 4.74 Å². The molecule has 0 unspecified atom stereocenters. The predicted molar refractivity (Wildman–Crippen MR) is 46.9 cm³/mol. The zero-order chi connectivity index (χ0) is 8.39. The largest absolute Gasteiger partial charge is 0.394 e. The summed E-state index contributed by atoms with van der Waals surface area (Å²) in [5.41, 5.74) is 0. The van der Waals surface area contributed by atoms with E-state index >= 15 is 0 Å². The molecule has 1 N–H and O–H groups in total. The summed E-state index contributed by atoms with van der Waals surface area (Å²) < 4.78 is 5.48. The first-order chi connectivity index (χ1) is 5.90. The van der Waals surface area contributed by atoms with Crippen LogP contribution in [-0.4, -0.2) is 24.4 Å². The molecule has 2 aliphatic rings. The van der Waals surface area contributed by atoms with E-state index in [1.807, 2.05) is 0 Å². The van der Waals surface area contributed by atoms with Gasteiger partial charge in [-0.25, -0.2) is 0 Å². The van der Waals surface area contributed by atoms with Crippen molar-refractivity contribution in [1.29, 1.82) is 0 Å². The predicted octanol–water partition coefficient (Wildman–Crippen LogP) is 1.57. The van der Waals surface area contributed by atoms with E-state index in [4.69, 9.17) is 9.84 Å². The van der Waals surface area contributed by atoms with Crippen molar-refractivity contribution in [2.75, 3.05) is 13.2 Å². The minimum atomic E-state index is 0.149. The van der Waals surface area contributed by atoms with Gasteiger partial charge in [0, 0.05) is 0 Å². The summed E-state index contributed by atoms with van der Waals surface area (Å²) in [6, 6.07) is 0. The van der Waals surface area contributed by atoms with E-state index in [-0.39, 0.29) is 12.7 Å². The van der Waals surface area contributed by atoms with Crippen molar-refractivity contribution in [3.63, 3.8) is 0 Å². The molecule has 0 spiro atoms. The molecule has 1 saturated heterocycles. The van der Waals surface area contributed by atoms with E-state index in [1.54, 1.807) is 0 Å². The zero-order valence-corrected chi connectivity index (χ0v) is 7.54. The third kappa shape index (κ3) is 1.64. The highest BCUT2D eigenvalue weighted by atomic mass is 16.5. The molecular formula is C10H18O2. The summed E-state index contributed by atoms with van der Waals surface area (Å²) in [7, 11) is 0. The minimum Gasteiger partial charge on any atom is -0.394 e. The van der Waals surface area contributed by atoms with Crippen LogP contribution < -0.4 is 0 Å². The van der Waals surface area contributed by atoms with Crippen molar-refractivity contribution in [1.82, 2.24) is 0 Å². The van der Waals surface area contributed by atoms with Crippen LogP contribution in [0.15, 0.2) is 0 Å². The van der Waals surface area contributed by atoms with Crippen LogP contribution in [0, 0.1) is 11.8 Å². The summed E-state index contributed by atoms with van der Waals surface area (Å²) in [5.74, 6) is 1.66. The van der Waals surface area contributed by atoms with Gasteiger partial charge < -0.3 is 9.84 Å². The Morgan fingerprint density at radius 3 is 2.50 bits per heavy atom. The molecule has 0 amide bonds. The second-order valence-electron chi connectivity index (χ2n) is 4.18. The van der Waals surface area contributed by atoms with Gasteiger partial charge in [-0.1, -0.05) is 25.7 Å². The molecule has 1 heterocycles. The molecule has 1 aliphatic heterocycles. The second-order valence-corrected chi connectivity index (χ2v) is 4.18. The average Bonchev–Trinajstić information content (AvgIpc) is 2.75. The Morgan fingerprint density at radius 2 is 1.92 bits per heavy atom. The van der Waals surface area contributed by atoms with E-state index in [0.29, 0.717) is 0 Å². The number of hydrogen-bond acceptors (Lipinski definition) is 2. The number of aliphatic hydroxyl groups excluding tert-OH is 1. The molecule has 70 valence electrons. The first-order valence-electron chi connectivity index (χ1n) is 5.12. The summed E-state index contributed by atoms with van der Waals surface area (Å²) in [5, 5.41) is 8.90. The molecule has 1 aliphatic carbocycles. The van der Waals surface area contributed by atoms with Gasteiger partial charge in [-0.05, 0) is 18.3 Å². The van der Waals surface area contributed by atoms with Gasteiger partial charge in [-0.2, -0.15) is 0 Å². The van der Waals surface area contributed by atoms with Gasteiger partial charge in [-0.3, -0.25) is 0 Å². The monoisotopic (exact) mass is 170 g/mol. The molecule has 2 atom stereocenters. The van der Waals surface area contributed by atoms with Crippen LogP contribution >= 0.6 is 0 Å². The molecule has 2 nitrogen and oxygen atoms in total. The van der Waals surface area contributed by atoms with Crippen molar-refractivity contribution in [2.45, 2.75) is 38.2 Å². The van der Waals surface area contributed by atoms with Gasteiger partial charge in [0.15, 0.2) is 0 Å². The lowest BCUT2D eigenvalue weighted by Crippen LogP contribution is -2.13. The topological polar surface area (TPSA) is 29.5 Å². The number of aliphatic hydroxyl groups is 1. The Hall–Kier alpha value is -0.0800. The van der Waals surface area contributed by atoms with Crippen LogP contribution in [0.5, 0.6) is 0 Å². The average molecular weight is 170 g/mol. The molecule has 0 radical (unpaired) electrons. The third-order valence-corrected chi connectivity index (χ3v) is 3.38. The van der Waals surface area contributed by atoms with E-state index in [1.165, 1.54) is 25.7 Å². The standard InChI is InChI=1S/C10H18O2/c11-6-10-5-9(7-12-10)8-3-1-2-4-8/h8-11H,1-7H2/t9-,10-/m0/s1. The molecule has 0 bridgehead atoms. The van der Waals surface area contributed by atoms with Gasteiger partial charge >= 0.3 is 0 Å². The molecule has 0 aromatic heterocycles. The highest BCUT2D eigenvalue weighted by Gasteiger charge is 2.32. The Bertz CT molecular complexity index is 141. The Balaban J connectivity index is 1.81. The molecule has 1 saturated carbocycles. The first-order valence-corrected chi connectivity index (χ1v) is 5.12. The maximum absolute atomic E-state index is 8.90. The lowest BCUT2D eigenvalue weighted by molar-refractivity contribution is 0.0559. The van der Waals surface area contributed by atoms with Gasteiger partial charge in [0.05, 0.1) is 19.3 Å². The summed E-state index contributed by atoms with van der Waals surface area (Å²) in [6.07, 6.45) is 6.85. The van der Waals surface area contributed by atoms with Crippen molar-refractivity contribution < 1.29 is 9.84 Å². The molecule has 2 heteroatoms. The van der Waals surface area contributed by atoms with Crippen molar-refractivity contribution in [3.8, 4) is 0 Å². The highest BCUT2D eigenvalue weighted by Crippen LogP contribution is 2.37. The van der Waals surface area contributed by atoms with Crippen LogP contribution in [0.25, 0.3) is 0 Å². The van der Waals surface area contributed by atoms with Crippen LogP contribution in [0.2, 0.25) is 0 Å². The Morgan fingerprint density at radius 1 is 1.17 bits per heavy atom. The number of ether oxygens (including phenoxy) is 1. The van der Waals surface area contributed by atoms with Gasteiger partial charge in [-0.15, -0.1) is 0 Å². The normalized spacial score (nSPS) is 37.8. The quantitative estimate of drug-likeness (QED) is 0.681. The fraction of sp³-hybridized carbons (Fsp3) is 1.00. The van der Waals surface area contributed by atoms with E-state index in [0.717, 1.165) is 24.9 Å². The smallest absolute Gasteiger partial charge is 0.0809 e. The fourth-order valence-electron chi connectivity index (χ4n) is 2.62. The third-order valence-electron chi connectivity index (χ3n) is 3.38. The second kappa shape index (κ2) is 3.75. The minimum absolute atomic E-state index is 0.149. The maximum Gasteiger partial charge on any atom is 0.0809 e. The number of hydrogen-bond donors (Lipinski definition) is 1. The van der Waals surface area contributed by atoms with E-state index in [9.17, 15) is 0 Å². The first kappa shape index (κ1) is 8.52. The lowest BCUT2D eigenvalue weighted by Gasteiger charge is -2.15. The molecular weight excluding hydrogens is 152 g/mol. The summed E-state index contributed by atoms with van der Waals surface area (Å²) in [6.45, 7) is 1.11. The Kier molecular flexibility index (Phi) is 2.66. The van der Waals surface area contributed by atoms with Crippen molar-refractivity contribution >= 4 is 0 Å². The molecule has 2 fully saturated rings. The van der Waals surface area contributed by atoms with E-state index < -0.39 is 0 Å². The SMILES string of the molecule is OC[C@@H]1C[C@H](C2CCCC2)CO1. The fourth-order valence-corrected chi connectivity index (χ4v) is 2.62. The van der Waals surface area contributed by atoms with Gasteiger partial charge in [0.2, 0.25) is 0 Å². The lowest BCUT2D eigenvalue weighted by atomic mass is 9.89. The van der Waals surface area contributed by atoms with E-state index in [2.05, 4.69) is 0 Å². The maximum atomic E-state index is 8.90. The van der Waals surface area contributed by atoms with Gasteiger partial charge in [0.1, 0.15) is 0 Å². The van der Waals surface area contributed by atoms with Gasteiger partial charge in [0.25, 0.3) is 0 Å².